The van der Waals surface area contributed by atoms with Crippen LogP contribution in [0, 0.1) is 17.1 Å². The first kappa shape index (κ1) is 17.4. The summed E-state index contributed by atoms with van der Waals surface area (Å²) in [4.78, 5) is 0. The van der Waals surface area contributed by atoms with E-state index in [0.29, 0.717) is 22.9 Å². The zero-order valence-electron chi connectivity index (χ0n) is 13.0. The first-order valence-corrected chi connectivity index (χ1v) is 7.28. The Hall–Kier alpha value is -3.41. The zero-order valence-corrected chi connectivity index (χ0v) is 13.0. The third-order valence-corrected chi connectivity index (χ3v) is 3.46. The lowest BCUT2D eigenvalue weighted by Gasteiger charge is -2.11. The van der Waals surface area contributed by atoms with Crippen LogP contribution in [0.4, 0.5) is 17.6 Å². The summed E-state index contributed by atoms with van der Waals surface area (Å²) in [7, 11) is 0. The smallest absolute Gasteiger partial charge is 0.416 e. The molecule has 0 saturated heterocycles. The van der Waals surface area contributed by atoms with Gasteiger partial charge in [-0.25, -0.2) is 9.49 Å². The van der Waals surface area contributed by atoms with Crippen LogP contribution in [-0.2, 0) is 12.8 Å². The molecule has 3 aromatic rings. The topological polar surface area (TPSA) is 74.6 Å². The molecule has 2 aromatic carbocycles. The average molecular weight is 362 g/mol. The summed E-state index contributed by atoms with van der Waals surface area (Å²) in [6.07, 6.45) is -4.67. The number of hydrogen-bond acceptors (Lipinski definition) is 4. The second-order valence-corrected chi connectivity index (χ2v) is 5.31. The molecule has 3 rings (SSSR count). The second kappa shape index (κ2) is 6.84. The molecule has 0 unspecified atom stereocenters. The van der Waals surface area contributed by atoms with E-state index in [-0.39, 0.29) is 18.1 Å². The van der Waals surface area contributed by atoms with Crippen molar-refractivity contribution in [1.82, 2.24) is 15.4 Å². The van der Waals surface area contributed by atoms with E-state index in [4.69, 9.17) is 10.00 Å². The molecule has 0 aliphatic carbocycles. The van der Waals surface area contributed by atoms with E-state index < -0.39 is 17.6 Å². The Morgan fingerprint density at radius 3 is 2.69 bits per heavy atom. The van der Waals surface area contributed by atoms with Crippen molar-refractivity contribution in [3.63, 3.8) is 0 Å². The van der Waals surface area contributed by atoms with Gasteiger partial charge in [0.1, 0.15) is 29.9 Å². The van der Waals surface area contributed by atoms with Gasteiger partial charge in [0.15, 0.2) is 5.69 Å². The van der Waals surface area contributed by atoms with Gasteiger partial charge < -0.3 is 4.74 Å². The average Bonchev–Trinajstić information content (AvgIpc) is 3.08. The number of nitrogens with zero attached hydrogens (tertiary/aromatic N) is 3. The highest BCUT2D eigenvalue weighted by molar-refractivity contribution is 5.64. The molecule has 0 radical (unpaired) electrons. The van der Waals surface area contributed by atoms with E-state index in [2.05, 4.69) is 15.4 Å². The molecule has 0 atom stereocenters. The summed E-state index contributed by atoms with van der Waals surface area (Å²) in [5.74, 6) is -1.27. The predicted octanol–water partition coefficient (Wildman–Crippen LogP) is 4.08. The maximum absolute atomic E-state index is 13.4. The highest BCUT2D eigenvalue weighted by Gasteiger charge is 2.31. The van der Waals surface area contributed by atoms with E-state index >= 15 is 0 Å². The number of halogens is 4. The van der Waals surface area contributed by atoms with Gasteiger partial charge in [-0.05, 0) is 23.8 Å². The molecule has 1 heterocycles. The molecule has 0 spiro atoms. The zero-order chi connectivity index (χ0) is 18.7. The number of rotatable bonds is 4. The van der Waals surface area contributed by atoms with Crippen molar-refractivity contribution in [2.45, 2.75) is 12.8 Å². The van der Waals surface area contributed by atoms with Gasteiger partial charge in [-0.1, -0.05) is 23.4 Å². The molecule has 26 heavy (non-hydrogen) atoms. The summed E-state index contributed by atoms with van der Waals surface area (Å²) in [5.41, 5.74) is 0.601. The van der Waals surface area contributed by atoms with Crippen LogP contribution >= 0.6 is 0 Å². The number of nitrogens with one attached hydrogen (secondary N) is 1. The minimum absolute atomic E-state index is 0.0890. The molecule has 9 heteroatoms. The number of aromatic nitrogens is 3. The number of ether oxygens (including phenoxy) is 1. The number of aromatic amines is 1. The summed E-state index contributed by atoms with van der Waals surface area (Å²) in [5, 5.41) is 18.8. The van der Waals surface area contributed by atoms with Gasteiger partial charge in [-0.2, -0.15) is 18.4 Å². The molecule has 132 valence electrons. The van der Waals surface area contributed by atoms with Crippen LogP contribution in [0.1, 0.15) is 16.8 Å². The standard InChI is InChI=1S/C17H10F4N4O/c18-13-5-12(17(19,20)21)6-14(7-13)26-9-10-2-1-3-11(4-10)16-15(8-22)23-25-24-16/h1-7H,9H2,(H,23,24,25). The van der Waals surface area contributed by atoms with Gasteiger partial charge in [-0.15, -0.1) is 5.10 Å². The lowest BCUT2D eigenvalue weighted by Crippen LogP contribution is -2.06. The lowest BCUT2D eigenvalue weighted by molar-refractivity contribution is -0.137. The van der Waals surface area contributed by atoms with E-state index in [9.17, 15) is 17.6 Å². The molecule has 1 aromatic heterocycles. The van der Waals surface area contributed by atoms with Gasteiger partial charge in [-0.3, -0.25) is 0 Å². The van der Waals surface area contributed by atoms with Gasteiger partial charge in [0.25, 0.3) is 0 Å². The number of benzene rings is 2. The van der Waals surface area contributed by atoms with Crippen LogP contribution in [0.3, 0.4) is 0 Å². The molecule has 5 nitrogen and oxygen atoms in total. The first-order chi connectivity index (χ1) is 12.4. The molecular weight excluding hydrogens is 352 g/mol. The Morgan fingerprint density at radius 1 is 1.15 bits per heavy atom. The van der Waals surface area contributed by atoms with Crippen LogP contribution in [0.2, 0.25) is 0 Å². The van der Waals surface area contributed by atoms with Gasteiger partial charge in [0.05, 0.1) is 5.56 Å². The fraction of sp³-hybridized carbons (Fsp3) is 0.118. The maximum atomic E-state index is 13.4. The Kier molecular flexibility index (Phi) is 4.58. The molecule has 0 aliphatic heterocycles. The highest BCUT2D eigenvalue weighted by atomic mass is 19.4. The molecule has 0 saturated carbocycles. The van der Waals surface area contributed by atoms with Crippen LogP contribution < -0.4 is 4.74 Å². The first-order valence-electron chi connectivity index (χ1n) is 7.28. The molecule has 0 fully saturated rings. The summed E-state index contributed by atoms with van der Waals surface area (Å²) >= 11 is 0. The third kappa shape index (κ3) is 3.80. The fourth-order valence-corrected chi connectivity index (χ4v) is 2.29. The monoisotopic (exact) mass is 362 g/mol. The fourth-order valence-electron chi connectivity index (χ4n) is 2.29. The maximum Gasteiger partial charge on any atom is 0.416 e. The minimum atomic E-state index is -4.67. The van der Waals surface area contributed by atoms with Crippen molar-refractivity contribution in [2.75, 3.05) is 0 Å². The predicted molar refractivity (Wildman–Crippen MR) is 82.3 cm³/mol. The van der Waals surface area contributed by atoms with Crippen molar-refractivity contribution in [2.24, 2.45) is 0 Å². The van der Waals surface area contributed by atoms with Crippen LogP contribution in [0.25, 0.3) is 11.3 Å². The summed E-state index contributed by atoms with van der Waals surface area (Å²) < 4.78 is 56.9. The summed E-state index contributed by atoms with van der Waals surface area (Å²) in [6, 6.07) is 10.6. The quantitative estimate of drug-likeness (QED) is 0.710. The van der Waals surface area contributed by atoms with Crippen LogP contribution in [0.15, 0.2) is 42.5 Å². The van der Waals surface area contributed by atoms with Crippen molar-refractivity contribution < 1.29 is 22.3 Å². The van der Waals surface area contributed by atoms with E-state index in [1.165, 1.54) is 0 Å². The lowest BCUT2D eigenvalue weighted by atomic mass is 10.1. The number of H-pyrrole nitrogens is 1. The van der Waals surface area contributed by atoms with Crippen LogP contribution in [-0.4, -0.2) is 15.4 Å². The Morgan fingerprint density at radius 2 is 1.96 bits per heavy atom. The molecule has 1 N–H and O–H groups in total. The largest absolute Gasteiger partial charge is 0.489 e. The van der Waals surface area contributed by atoms with E-state index in [0.717, 1.165) is 12.1 Å². The SMILES string of the molecule is N#Cc1[nH]nnc1-c1cccc(COc2cc(F)cc(C(F)(F)F)c2)c1. The Labute approximate surface area is 144 Å². The summed E-state index contributed by atoms with van der Waals surface area (Å²) in [6.45, 7) is -0.0890. The number of alkyl halides is 3. The Balaban J connectivity index is 1.80. The van der Waals surface area contributed by atoms with Crippen molar-refractivity contribution in [3.05, 3.63) is 65.1 Å². The van der Waals surface area contributed by atoms with Gasteiger partial charge in [0.2, 0.25) is 0 Å². The molecular formula is C17H10F4N4O. The highest BCUT2D eigenvalue weighted by Crippen LogP contribution is 2.32. The number of nitriles is 1. The number of hydrogen-bond donors (Lipinski definition) is 1. The van der Waals surface area contributed by atoms with E-state index in [1.54, 1.807) is 24.3 Å². The minimum Gasteiger partial charge on any atom is -0.489 e. The Bertz CT molecular complexity index is 975. The second-order valence-electron chi connectivity index (χ2n) is 5.31. The van der Waals surface area contributed by atoms with Gasteiger partial charge >= 0.3 is 6.18 Å². The van der Waals surface area contributed by atoms with E-state index in [1.807, 2.05) is 6.07 Å². The van der Waals surface area contributed by atoms with Crippen molar-refractivity contribution >= 4 is 0 Å². The molecule has 0 bridgehead atoms. The molecule has 0 amide bonds. The third-order valence-electron chi connectivity index (χ3n) is 3.46. The van der Waals surface area contributed by atoms with Gasteiger partial charge in [0, 0.05) is 11.6 Å². The van der Waals surface area contributed by atoms with Crippen molar-refractivity contribution in [3.8, 4) is 23.1 Å². The molecule has 0 aliphatic rings. The van der Waals surface area contributed by atoms with Crippen LogP contribution in [0.5, 0.6) is 5.75 Å². The van der Waals surface area contributed by atoms with Crippen molar-refractivity contribution in [1.29, 1.82) is 5.26 Å². The normalized spacial score (nSPS) is 11.2.